The third-order valence-electron chi connectivity index (χ3n) is 7.13. The Bertz CT molecular complexity index is 1630. The number of fused-ring (bicyclic) bond motifs is 1. The van der Waals surface area contributed by atoms with Crippen LogP contribution in [0.5, 0.6) is 0 Å². The third-order valence-corrected chi connectivity index (χ3v) is 8.16. The number of carbonyl (C=O) groups excluding carboxylic acids is 1. The van der Waals surface area contributed by atoms with Crippen LogP contribution in [0.2, 0.25) is 0 Å². The molecule has 0 fully saturated rings. The first-order valence-corrected chi connectivity index (χ1v) is 14.2. The van der Waals surface area contributed by atoms with Gasteiger partial charge in [0.1, 0.15) is 0 Å². The number of thiophene rings is 1. The molecule has 42 heavy (non-hydrogen) atoms. The first-order valence-electron chi connectivity index (χ1n) is 13.4. The molecule has 1 aromatic carbocycles. The maximum atomic E-state index is 14.3. The predicted octanol–water partition coefficient (Wildman–Crippen LogP) is 6.41. The van der Waals surface area contributed by atoms with Gasteiger partial charge in [0.05, 0.1) is 13.1 Å². The number of likely N-dealkylation sites (N-methyl/N-ethyl adjacent to an activating group) is 1. The Hall–Kier alpha value is -4.27. The van der Waals surface area contributed by atoms with Gasteiger partial charge in [0.2, 0.25) is 10.9 Å². The summed E-state index contributed by atoms with van der Waals surface area (Å²) in [6.07, 6.45) is 3.91. The lowest BCUT2D eigenvalue weighted by Crippen LogP contribution is -2.37. The van der Waals surface area contributed by atoms with Crippen molar-refractivity contribution in [2.75, 3.05) is 27.2 Å². The van der Waals surface area contributed by atoms with Crippen molar-refractivity contribution in [2.24, 2.45) is 0 Å². The van der Waals surface area contributed by atoms with Crippen LogP contribution >= 0.6 is 11.3 Å². The second-order valence-electron chi connectivity index (χ2n) is 10.4. The highest BCUT2D eigenvalue weighted by atomic mass is 32.1. The molecule has 1 aliphatic rings. The van der Waals surface area contributed by atoms with E-state index in [9.17, 15) is 18.0 Å². The van der Waals surface area contributed by atoms with E-state index < -0.39 is 17.8 Å². The quantitative estimate of drug-likeness (QED) is 0.176. The summed E-state index contributed by atoms with van der Waals surface area (Å²) in [6.45, 7) is 9.03. The fraction of sp³-hybridized carbons (Fsp3) is 0.290. The number of halogens is 3. The highest BCUT2D eigenvalue weighted by Crippen LogP contribution is 2.45. The van der Waals surface area contributed by atoms with Crippen molar-refractivity contribution in [1.82, 2.24) is 24.6 Å². The van der Waals surface area contributed by atoms with E-state index in [0.717, 1.165) is 16.0 Å². The second kappa shape index (κ2) is 12.3. The first-order chi connectivity index (χ1) is 20.1. The number of aryl methyl sites for hydroxylation is 2. The van der Waals surface area contributed by atoms with E-state index in [2.05, 4.69) is 14.9 Å². The van der Waals surface area contributed by atoms with Crippen LogP contribution in [0.3, 0.4) is 0 Å². The summed E-state index contributed by atoms with van der Waals surface area (Å²) >= 11 is 1.32. The largest absolute Gasteiger partial charge is 0.435 e. The Labute approximate surface area is 246 Å². The van der Waals surface area contributed by atoms with E-state index in [1.54, 1.807) is 47.6 Å². The molecule has 4 aromatic rings. The normalized spacial score (nSPS) is 15.3. The lowest BCUT2D eigenvalue weighted by atomic mass is 9.84. The Morgan fingerprint density at radius 3 is 2.64 bits per heavy atom. The fourth-order valence-electron chi connectivity index (χ4n) is 5.14. The Morgan fingerprint density at radius 1 is 1.17 bits per heavy atom. The topological polar surface area (TPSA) is 58.6 Å². The van der Waals surface area contributed by atoms with Gasteiger partial charge in [0.25, 0.3) is 0 Å². The monoisotopic (exact) mass is 590 g/mol. The molecule has 5 rings (SSSR count). The molecule has 7 nitrogen and oxygen atoms in total. The Morgan fingerprint density at radius 2 is 1.93 bits per heavy atom. The Kier molecular flexibility index (Phi) is 8.56. The van der Waals surface area contributed by atoms with Gasteiger partial charge in [-0.25, -0.2) is 4.85 Å². The van der Waals surface area contributed by atoms with Crippen LogP contribution in [-0.2, 0) is 30.5 Å². The number of carbonyl (C=O) groups is 1. The second-order valence-corrected chi connectivity index (χ2v) is 11.5. The van der Waals surface area contributed by atoms with Gasteiger partial charge >= 0.3 is 6.18 Å². The van der Waals surface area contributed by atoms with Crippen molar-refractivity contribution in [2.45, 2.75) is 31.6 Å². The summed E-state index contributed by atoms with van der Waals surface area (Å²) in [7, 11) is 3.81. The zero-order valence-electron chi connectivity index (χ0n) is 23.2. The van der Waals surface area contributed by atoms with Gasteiger partial charge < -0.3 is 9.80 Å². The van der Waals surface area contributed by atoms with Crippen LogP contribution in [0.4, 0.5) is 18.2 Å². The van der Waals surface area contributed by atoms with Crippen LogP contribution in [0.15, 0.2) is 73.2 Å². The zero-order chi connectivity index (χ0) is 29.9. The highest BCUT2D eigenvalue weighted by molar-refractivity contribution is 7.16. The molecule has 1 amide bonds. The minimum absolute atomic E-state index is 0.00987. The summed E-state index contributed by atoms with van der Waals surface area (Å²) < 4.78 is 44.4. The molecule has 0 saturated carbocycles. The number of alkyl halides is 3. The molecule has 11 heteroatoms. The summed E-state index contributed by atoms with van der Waals surface area (Å²) in [6, 6.07) is 12.4. The molecule has 0 spiro atoms. The number of pyridine rings is 1. The van der Waals surface area contributed by atoms with Crippen molar-refractivity contribution >= 4 is 22.2 Å². The number of amides is 1. The maximum Gasteiger partial charge on any atom is 0.435 e. The van der Waals surface area contributed by atoms with Gasteiger partial charge in [0, 0.05) is 60.7 Å². The first kappa shape index (κ1) is 29.2. The minimum atomic E-state index is -4.67. The SMILES string of the molecule is [C-]#[N+]c1cc2c(s1)CN(C(=O)/C=C/CN(C)C)C[C@H]2c1ccccc1-c1cn(CCc2ccncc2)nc1C(F)(F)F. The van der Waals surface area contributed by atoms with Crippen LogP contribution in [0, 0.1) is 6.57 Å². The number of nitrogens with zero attached hydrogens (tertiary/aromatic N) is 6. The van der Waals surface area contributed by atoms with Gasteiger partial charge in [0.15, 0.2) is 5.69 Å². The molecule has 216 valence electrons. The number of hydrogen-bond donors (Lipinski definition) is 0. The van der Waals surface area contributed by atoms with Gasteiger partial charge in [-0.05, 0) is 61.0 Å². The number of aromatic nitrogens is 3. The van der Waals surface area contributed by atoms with Crippen LogP contribution < -0.4 is 0 Å². The van der Waals surface area contributed by atoms with E-state index in [0.29, 0.717) is 35.6 Å². The van der Waals surface area contributed by atoms with Crippen molar-refractivity contribution in [3.63, 3.8) is 0 Å². The summed E-state index contributed by atoms with van der Waals surface area (Å²) in [5, 5.41) is 4.46. The summed E-state index contributed by atoms with van der Waals surface area (Å²) in [5.41, 5.74) is 1.92. The van der Waals surface area contributed by atoms with Crippen molar-refractivity contribution in [3.05, 3.63) is 112 Å². The molecule has 0 unspecified atom stereocenters. The van der Waals surface area contributed by atoms with Crippen LogP contribution in [0.25, 0.3) is 16.0 Å². The van der Waals surface area contributed by atoms with Crippen LogP contribution in [-0.4, -0.2) is 57.7 Å². The highest BCUT2D eigenvalue weighted by Gasteiger charge is 2.39. The predicted molar refractivity (Wildman–Crippen MR) is 156 cm³/mol. The fourth-order valence-corrected chi connectivity index (χ4v) is 6.17. The smallest absolute Gasteiger partial charge is 0.333 e. The third kappa shape index (κ3) is 6.45. The van der Waals surface area contributed by atoms with E-state index in [-0.39, 0.29) is 24.6 Å². The number of hydrogen-bond acceptors (Lipinski definition) is 5. The number of rotatable bonds is 8. The van der Waals surface area contributed by atoms with E-state index in [1.165, 1.54) is 28.3 Å². The molecule has 0 bridgehead atoms. The standard InChI is InChI=1S/C31H29F3N6OS/c1-35-28-17-24-25(18-39(20-27(24)42-28)29(41)9-6-15-38(2)3)22-7-4-5-8-23(22)26-19-40(37-30(26)31(32,33)34)16-12-21-10-13-36-14-11-21/h4-11,13-14,17,19,25H,12,15-16,18,20H2,2-3H3/b9-6+/t25-/m0/s1. The summed E-state index contributed by atoms with van der Waals surface area (Å²) in [5.74, 6) is -0.591. The molecular formula is C31H29F3N6OS. The number of benzene rings is 1. The van der Waals surface area contributed by atoms with E-state index in [1.807, 2.05) is 37.2 Å². The van der Waals surface area contributed by atoms with Crippen molar-refractivity contribution < 1.29 is 18.0 Å². The molecule has 0 saturated heterocycles. The van der Waals surface area contributed by atoms with E-state index in [4.69, 9.17) is 6.57 Å². The molecule has 0 radical (unpaired) electrons. The minimum Gasteiger partial charge on any atom is -0.333 e. The van der Waals surface area contributed by atoms with Crippen LogP contribution in [0.1, 0.15) is 33.2 Å². The molecule has 1 atom stereocenters. The molecule has 1 aliphatic heterocycles. The average Bonchev–Trinajstić information content (AvgIpc) is 3.60. The Balaban J connectivity index is 1.54. The van der Waals surface area contributed by atoms with E-state index >= 15 is 0 Å². The summed E-state index contributed by atoms with van der Waals surface area (Å²) in [4.78, 5) is 25.3. The zero-order valence-corrected chi connectivity index (χ0v) is 24.0. The van der Waals surface area contributed by atoms with Crippen molar-refractivity contribution in [1.29, 1.82) is 0 Å². The lowest BCUT2D eigenvalue weighted by Gasteiger charge is -2.34. The van der Waals surface area contributed by atoms with Crippen molar-refractivity contribution in [3.8, 4) is 11.1 Å². The van der Waals surface area contributed by atoms with Gasteiger partial charge in [-0.15, -0.1) is 0 Å². The molecular weight excluding hydrogens is 561 g/mol. The maximum absolute atomic E-state index is 14.3. The molecule has 0 aliphatic carbocycles. The molecule has 3 aromatic heterocycles. The lowest BCUT2D eigenvalue weighted by molar-refractivity contribution is -0.141. The molecule has 0 N–H and O–H groups in total. The van der Waals surface area contributed by atoms with Gasteiger partial charge in [-0.3, -0.25) is 14.5 Å². The average molecular weight is 591 g/mol. The van der Waals surface area contributed by atoms with Gasteiger partial charge in [-0.2, -0.15) is 29.6 Å². The van der Waals surface area contributed by atoms with Gasteiger partial charge in [-0.1, -0.05) is 30.3 Å². The molecule has 4 heterocycles.